The Kier molecular flexibility index (Phi) is 6.97. The Balaban J connectivity index is 5.38. The minimum atomic E-state index is -3.73. The van der Waals surface area contributed by atoms with E-state index in [9.17, 15) is 8.42 Å². The molecule has 7 heteroatoms. The van der Waals surface area contributed by atoms with E-state index in [1.54, 1.807) is 13.1 Å². The first-order chi connectivity index (χ1) is 8.23. The van der Waals surface area contributed by atoms with Crippen LogP contribution in [0.2, 0.25) is 0 Å². The Labute approximate surface area is 109 Å². The van der Waals surface area contributed by atoms with E-state index in [1.807, 2.05) is 13.8 Å². The van der Waals surface area contributed by atoms with Gasteiger partial charge in [0.2, 0.25) is 10.0 Å². The van der Waals surface area contributed by atoms with Crippen LogP contribution >= 0.6 is 0 Å². The van der Waals surface area contributed by atoms with Gasteiger partial charge < -0.3 is 4.74 Å². The number of ether oxygens (including phenoxy) is 1. The first-order valence-corrected chi connectivity index (χ1v) is 7.16. The van der Waals surface area contributed by atoms with Gasteiger partial charge in [-0.25, -0.2) is 23.5 Å². The van der Waals surface area contributed by atoms with Crippen LogP contribution in [0, 0.1) is 0 Å². The molecule has 0 saturated carbocycles. The van der Waals surface area contributed by atoms with Crippen LogP contribution in [0.1, 0.15) is 27.7 Å². The zero-order valence-electron chi connectivity index (χ0n) is 11.3. The number of nitrogens with two attached hydrogens (primary N) is 1. The molecular formula is C11H21N3O3S. The lowest BCUT2D eigenvalue weighted by Crippen LogP contribution is -2.42. The van der Waals surface area contributed by atoms with Crippen molar-refractivity contribution in [1.82, 2.24) is 0 Å². The smallest absolute Gasteiger partial charge is 0.214 e. The molecule has 0 unspecified atom stereocenters. The summed E-state index contributed by atoms with van der Waals surface area (Å²) in [6.07, 6.45) is 0.754. The molecule has 0 heterocycles. The summed E-state index contributed by atoms with van der Waals surface area (Å²) in [6, 6.07) is 0. The number of hydrogen-bond donors (Lipinski definition) is 1. The maximum absolute atomic E-state index is 11.4. The van der Waals surface area contributed by atoms with Crippen LogP contribution in [0.5, 0.6) is 0 Å². The monoisotopic (exact) mass is 275 g/mol. The average molecular weight is 275 g/mol. The van der Waals surface area contributed by atoms with Gasteiger partial charge in [-0.1, -0.05) is 5.57 Å². The highest BCUT2D eigenvalue weighted by molar-refractivity contribution is 7.89. The Morgan fingerprint density at radius 3 is 2.39 bits per heavy atom. The molecule has 0 aromatic carbocycles. The van der Waals surface area contributed by atoms with E-state index in [0.29, 0.717) is 6.61 Å². The fraction of sp³-hybridized carbons (Fsp3) is 0.636. The van der Waals surface area contributed by atoms with Gasteiger partial charge in [-0.05, 0) is 34.4 Å². The minimum absolute atomic E-state index is 0.208. The summed E-state index contributed by atoms with van der Waals surface area (Å²) in [4.78, 5) is 7.80. The largest absolute Gasteiger partial charge is 0.369 e. The molecule has 0 bridgehead atoms. The standard InChI is InChI=1S/C11H21N3O3S/c1-6-17-10(9(4)18(12,15)16)11(13-5)14-7-8(2)3/h7,9-10H,5-6H2,1-4H3,(H2,12,15,16)/t9-,10-/m0/s1. The van der Waals surface area contributed by atoms with Crippen molar-refractivity contribution in [3.8, 4) is 0 Å². The molecular weight excluding hydrogens is 254 g/mol. The van der Waals surface area contributed by atoms with Crippen molar-refractivity contribution in [3.63, 3.8) is 0 Å². The summed E-state index contributed by atoms with van der Waals surface area (Å²) < 4.78 is 28.1. The van der Waals surface area contributed by atoms with Crippen molar-refractivity contribution < 1.29 is 13.2 Å². The number of rotatable bonds is 6. The van der Waals surface area contributed by atoms with Gasteiger partial charge >= 0.3 is 0 Å². The highest BCUT2D eigenvalue weighted by Gasteiger charge is 2.31. The predicted molar refractivity (Wildman–Crippen MR) is 74.4 cm³/mol. The van der Waals surface area contributed by atoms with Crippen LogP contribution in [0.3, 0.4) is 0 Å². The number of hydrogen-bond acceptors (Lipinski definition) is 4. The van der Waals surface area contributed by atoms with E-state index >= 15 is 0 Å². The fourth-order valence-corrected chi connectivity index (χ4v) is 1.72. The molecule has 0 aromatic rings. The zero-order chi connectivity index (χ0) is 14.3. The van der Waals surface area contributed by atoms with E-state index in [2.05, 4.69) is 16.7 Å². The molecule has 0 rings (SSSR count). The highest BCUT2D eigenvalue weighted by atomic mass is 32.2. The lowest BCUT2D eigenvalue weighted by Gasteiger charge is -2.21. The molecule has 0 aliphatic rings. The maximum Gasteiger partial charge on any atom is 0.214 e. The molecule has 2 N–H and O–H groups in total. The normalized spacial score (nSPS) is 15.9. The SMILES string of the molecule is C=NC(=NC=C(C)C)[C@@H](OCC)[C@H](C)S(N)(=O)=O. The number of nitrogens with zero attached hydrogens (tertiary/aromatic N) is 2. The highest BCUT2D eigenvalue weighted by Crippen LogP contribution is 2.11. The van der Waals surface area contributed by atoms with Crippen LogP contribution in [-0.4, -0.2) is 38.9 Å². The third kappa shape index (κ3) is 5.52. The van der Waals surface area contributed by atoms with Gasteiger partial charge in [-0.3, -0.25) is 0 Å². The molecule has 0 aliphatic carbocycles. The van der Waals surface area contributed by atoms with Crippen LogP contribution < -0.4 is 5.14 Å². The maximum atomic E-state index is 11.4. The molecule has 0 aromatic heterocycles. The third-order valence-electron chi connectivity index (χ3n) is 2.16. The molecule has 0 saturated heterocycles. The molecule has 104 valence electrons. The van der Waals surface area contributed by atoms with E-state index in [-0.39, 0.29) is 5.84 Å². The van der Waals surface area contributed by atoms with Crippen molar-refractivity contribution in [2.45, 2.75) is 39.0 Å². The van der Waals surface area contributed by atoms with Crippen molar-refractivity contribution in [3.05, 3.63) is 11.8 Å². The number of sulfonamides is 1. The molecule has 0 aliphatic heterocycles. The second-order valence-electron chi connectivity index (χ2n) is 4.02. The summed E-state index contributed by atoms with van der Waals surface area (Å²) in [5.41, 5.74) is 0.953. The summed E-state index contributed by atoms with van der Waals surface area (Å²) >= 11 is 0. The van der Waals surface area contributed by atoms with Gasteiger partial charge in [0.05, 0.1) is 0 Å². The van der Waals surface area contributed by atoms with E-state index in [1.165, 1.54) is 6.92 Å². The van der Waals surface area contributed by atoms with E-state index < -0.39 is 21.4 Å². The molecule has 0 radical (unpaired) electrons. The second-order valence-corrected chi connectivity index (χ2v) is 5.94. The Bertz CT molecular complexity index is 436. The lowest BCUT2D eigenvalue weighted by atomic mass is 10.2. The summed E-state index contributed by atoms with van der Waals surface area (Å²) in [6.45, 7) is 10.6. The number of amidine groups is 1. The third-order valence-corrected chi connectivity index (χ3v) is 3.45. The molecule has 0 fully saturated rings. The van der Waals surface area contributed by atoms with E-state index in [4.69, 9.17) is 9.88 Å². The lowest BCUT2D eigenvalue weighted by molar-refractivity contribution is 0.108. The first kappa shape index (κ1) is 16.9. The molecule has 18 heavy (non-hydrogen) atoms. The molecule has 0 spiro atoms. The van der Waals surface area contributed by atoms with Gasteiger partial charge in [0, 0.05) is 12.8 Å². The van der Waals surface area contributed by atoms with Gasteiger partial charge in [0.1, 0.15) is 11.4 Å². The number of allylic oxidation sites excluding steroid dienone is 1. The Hall–Kier alpha value is -1.05. The van der Waals surface area contributed by atoms with Crippen molar-refractivity contribution in [2.24, 2.45) is 15.1 Å². The van der Waals surface area contributed by atoms with Crippen molar-refractivity contribution >= 4 is 22.6 Å². The number of aliphatic imine (C=N–C) groups is 2. The van der Waals surface area contributed by atoms with Gasteiger partial charge in [-0.15, -0.1) is 0 Å². The van der Waals surface area contributed by atoms with Gasteiger partial charge in [-0.2, -0.15) is 0 Å². The quantitative estimate of drug-likeness (QED) is 0.580. The fourth-order valence-electron chi connectivity index (χ4n) is 1.17. The topological polar surface area (TPSA) is 94.1 Å². The molecule has 0 amide bonds. The van der Waals surface area contributed by atoms with Crippen molar-refractivity contribution in [2.75, 3.05) is 6.61 Å². The predicted octanol–water partition coefficient (Wildman–Crippen LogP) is 1.09. The summed E-state index contributed by atoms with van der Waals surface area (Å²) in [7, 11) is -3.73. The van der Waals surface area contributed by atoms with Gasteiger partial charge in [0.15, 0.2) is 5.84 Å². The van der Waals surface area contributed by atoms with Gasteiger partial charge in [0.25, 0.3) is 0 Å². The Morgan fingerprint density at radius 2 is 2.06 bits per heavy atom. The number of primary sulfonamides is 1. The summed E-state index contributed by atoms with van der Waals surface area (Å²) in [5.74, 6) is 0.208. The summed E-state index contributed by atoms with van der Waals surface area (Å²) in [5, 5.41) is 4.18. The average Bonchev–Trinajstić information content (AvgIpc) is 2.25. The Morgan fingerprint density at radius 1 is 1.50 bits per heavy atom. The van der Waals surface area contributed by atoms with Crippen LogP contribution in [0.25, 0.3) is 0 Å². The first-order valence-electron chi connectivity index (χ1n) is 5.55. The van der Waals surface area contributed by atoms with Crippen LogP contribution in [-0.2, 0) is 14.8 Å². The molecule has 2 atom stereocenters. The zero-order valence-corrected chi connectivity index (χ0v) is 12.1. The second kappa shape index (κ2) is 7.40. The minimum Gasteiger partial charge on any atom is -0.369 e. The van der Waals surface area contributed by atoms with Crippen molar-refractivity contribution in [1.29, 1.82) is 0 Å². The van der Waals surface area contributed by atoms with Crippen LogP contribution in [0.4, 0.5) is 0 Å². The molecule has 6 nitrogen and oxygen atoms in total. The van der Waals surface area contributed by atoms with E-state index in [0.717, 1.165) is 5.57 Å². The van der Waals surface area contributed by atoms with Crippen LogP contribution in [0.15, 0.2) is 21.8 Å².